The van der Waals surface area contributed by atoms with Crippen molar-refractivity contribution in [1.29, 1.82) is 0 Å². The molecule has 0 radical (unpaired) electrons. The minimum absolute atomic E-state index is 0.0643. The Balaban J connectivity index is 2.35. The van der Waals surface area contributed by atoms with Crippen LogP contribution in [0.25, 0.3) is 0 Å². The van der Waals surface area contributed by atoms with Crippen LogP contribution in [0.3, 0.4) is 0 Å². The fraction of sp³-hybridized carbons (Fsp3) is 0.826. The molecule has 8 nitrogen and oxygen atoms in total. The molecule has 1 aliphatic rings. The summed E-state index contributed by atoms with van der Waals surface area (Å²) in [5.74, 6) is -4.40. The van der Waals surface area contributed by atoms with E-state index in [1.54, 1.807) is 0 Å². The summed E-state index contributed by atoms with van der Waals surface area (Å²) in [6.45, 7) is 2.23. The highest BCUT2D eigenvalue weighted by Crippen LogP contribution is 2.29. The van der Waals surface area contributed by atoms with E-state index < -0.39 is 36.0 Å². The minimum Gasteiger partial charge on any atom is -0.370 e. The molecule has 1 saturated carbocycles. The molecular weight excluding hydrogens is 396 g/mol. The Morgan fingerprint density at radius 2 is 1.29 bits per heavy atom. The minimum atomic E-state index is -1.17. The Morgan fingerprint density at radius 3 is 1.81 bits per heavy atom. The third-order valence-electron chi connectivity index (χ3n) is 6.47. The van der Waals surface area contributed by atoms with Gasteiger partial charge in [-0.3, -0.25) is 19.2 Å². The van der Waals surface area contributed by atoms with Crippen LogP contribution in [0, 0.1) is 17.8 Å². The third-order valence-corrected chi connectivity index (χ3v) is 6.47. The van der Waals surface area contributed by atoms with Gasteiger partial charge in [0.2, 0.25) is 23.6 Å². The highest BCUT2D eigenvalue weighted by atomic mass is 16.2. The number of hydrogen-bond donors (Lipinski definition) is 4. The van der Waals surface area contributed by atoms with Crippen LogP contribution in [0.4, 0.5) is 0 Å². The summed E-state index contributed by atoms with van der Waals surface area (Å²) in [5, 5.41) is 2.95. The van der Waals surface area contributed by atoms with Crippen molar-refractivity contribution in [3.8, 4) is 0 Å². The number of primary amides is 3. The first-order chi connectivity index (χ1) is 14.7. The second kappa shape index (κ2) is 14.8. The fourth-order valence-electron chi connectivity index (χ4n) is 4.57. The van der Waals surface area contributed by atoms with Crippen LogP contribution < -0.4 is 22.5 Å². The first-order valence-electron chi connectivity index (χ1n) is 11.9. The Kier molecular flexibility index (Phi) is 12.9. The smallest absolute Gasteiger partial charge is 0.221 e. The molecule has 2 unspecified atom stereocenters. The van der Waals surface area contributed by atoms with E-state index in [0.717, 1.165) is 31.6 Å². The topological polar surface area (TPSA) is 158 Å². The zero-order chi connectivity index (χ0) is 23.2. The molecule has 7 N–H and O–H groups in total. The van der Waals surface area contributed by atoms with Gasteiger partial charge in [0.15, 0.2) is 0 Å². The number of hydrogen-bond acceptors (Lipinski definition) is 4. The van der Waals surface area contributed by atoms with E-state index in [0.29, 0.717) is 0 Å². The van der Waals surface area contributed by atoms with Crippen LogP contribution in [0.5, 0.6) is 0 Å². The predicted octanol–water partition coefficient (Wildman–Crippen LogP) is 2.27. The molecule has 0 aromatic heterocycles. The van der Waals surface area contributed by atoms with Crippen LogP contribution >= 0.6 is 0 Å². The zero-order valence-electron chi connectivity index (χ0n) is 19.1. The van der Waals surface area contributed by atoms with Crippen molar-refractivity contribution in [2.75, 3.05) is 0 Å². The van der Waals surface area contributed by atoms with E-state index >= 15 is 0 Å². The molecule has 8 heteroatoms. The van der Waals surface area contributed by atoms with Crippen LogP contribution in [0.2, 0.25) is 0 Å². The lowest BCUT2D eigenvalue weighted by molar-refractivity contribution is -0.137. The molecule has 1 fully saturated rings. The van der Waals surface area contributed by atoms with Gasteiger partial charge in [0.05, 0.1) is 11.8 Å². The molecule has 0 aromatic carbocycles. The molecule has 178 valence electrons. The summed E-state index contributed by atoms with van der Waals surface area (Å²) in [4.78, 5) is 47.1. The van der Waals surface area contributed by atoms with Gasteiger partial charge in [-0.15, -0.1) is 0 Å². The van der Waals surface area contributed by atoms with Gasteiger partial charge in [-0.25, -0.2) is 0 Å². The van der Waals surface area contributed by atoms with Crippen LogP contribution in [-0.2, 0) is 19.2 Å². The first kappa shape index (κ1) is 26.9. The van der Waals surface area contributed by atoms with Crippen molar-refractivity contribution in [2.45, 2.75) is 103 Å². The lowest BCUT2D eigenvalue weighted by Crippen LogP contribution is -2.44. The maximum Gasteiger partial charge on any atom is 0.221 e. The Labute approximate surface area is 186 Å². The maximum atomic E-state index is 12.5. The number of unbranched alkanes of at least 4 members (excludes halogenated alkanes) is 6. The fourth-order valence-corrected chi connectivity index (χ4v) is 4.57. The predicted molar refractivity (Wildman–Crippen MR) is 120 cm³/mol. The molecule has 0 saturated heterocycles. The van der Waals surface area contributed by atoms with E-state index in [9.17, 15) is 19.2 Å². The molecule has 4 amide bonds. The first-order valence-corrected chi connectivity index (χ1v) is 11.9. The average Bonchev–Trinajstić information content (AvgIpc) is 2.70. The van der Waals surface area contributed by atoms with Crippen molar-refractivity contribution in [1.82, 2.24) is 5.32 Å². The Hall–Kier alpha value is -2.12. The van der Waals surface area contributed by atoms with Crippen LogP contribution in [0.15, 0.2) is 0 Å². The second-order valence-electron chi connectivity index (χ2n) is 9.09. The standard InChI is InChI=1S/C23H42N4O4/c1-2-3-4-5-6-7-8-9-16-10-12-17(13-11-16)27-21(29)15-19(23(26)31)18(22(25)30)14-20(24)28/h16-19H,2-15H2,1H3,(H2,24,28)(H2,25,30)(H2,26,31)(H,27,29). The van der Waals surface area contributed by atoms with Gasteiger partial charge < -0.3 is 22.5 Å². The van der Waals surface area contributed by atoms with Crippen molar-refractivity contribution in [2.24, 2.45) is 35.0 Å². The van der Waals surface area contributed by atoms with Gasteiger partial charge in [-0.05, 0) is 31.6 Å². The second-order valence-corrected chi connectivity index (χ2v) is 9.09. The molecule has 0 spiro atoms. The lowest BCUT2D eigenvalue weighted by Gasteiger charge is -2.30. The summed E-state index contributed by atoms with van der Waals surface area (Å²) in [6.07, 6.45) is 13.8. The van der Waals surface area contributed by atoms with Gasteiger partial charge in [-0.2, -0.15) is 0 Å². The van der Waals surface area contributed by atoms with Crippen molar-refractivity contribution < 1.29 is 19.2 Å². The number of amides is 4. The summed E-state index contributed by atoms with van der Waals surface area (Å²) < 4.78 is 0. The quantitative estimate of drug-likeness (QED) is 0.272. The maximum absolute atomic E-state index is 12.5. The van der Waals surface area contributed by atoms with Gasteiger partial charge in [0.1, 0.15) is 0 Å². The average molecular weight is 439 g/mol. The van der Waals surface area contributed by atoms with Crippen molar-refractivity contribution in [3.05, 3.63) is 0 Å². The van der Waals surface area contributed by atoms with E-state index in [1.165, 1.54) is 51.4 Å². The number of carbonyl (C=O) groups is 4. The monoisotopic (exact) mass is 438 g/mol. The molecule has 0 heterocycles. The molecule has 0 aromatic rings. The van der Waals surface area contributed by atoms with Crippen molar-refractivity contribution in [3.63, 3.8) is 0 Å². The molecular formula is C23H42N4O4. The number of carbonyl (C=O) groups excluding carboxylic acids is 4. The zero-order valence-corrected chi connectivity index (χ0v) is 19.1. The molecule has 31 heavy (non-hydrogen) atoms. The summed E-state index contributed by atoms with van der Waals surface area (Å²) >= 11 is 0. The SMILES string of the molecule is CCCCCCCCCC1CCC(NC(=O)CC(C(N)=O)C(CC(N)=O)C(N)=O)CC1. The Morgan fingerprint density at radius 1 is 0.774 bits per heavy atom. The van der Waals surface area contributed by atoms with Gasteiger partial charge in [0, 0.05) is 18.9 Å². The van der Waals surface area contributed by atoms with Gasteiger partial charge >= 0.3 is 0 Å². The molecule has 2 atom stereocenters. The largest absolute Gasteiger partial charge is 0.370 e. The molecule has 0 bridgehead atoms. The van der Waals surface area contributed by atoms with Crippen molar-refractivity contribution >= 4 is 23.6 Å². The molecule has 1 rings (SSSR count). The normalized spacial score (nSPS) is 20.5. The molecule has 0 aliphatic heterocycles. The Bertz CT molecular complexity index is 588. The number of nitrogens with one attached hydrogen (secondary N) is 1. The van der Waals surface area contributed by atoms with Gasteiger partial charge in [0.25, 0.3) is 0 Å². The van der Waals surface area contributed by atoms with E-state index in [2.05, 4.69) is 12.2 Å². The summed E-state index contributed by atoms with van der Waals surface area (Å²) in [5.41, 5.74) is 15.8. The lowest BCUT2D eigenvalue weighted by atomic mass is 9.82. The van der Waals surface area contributed by atoms with E-state index in [1.807, 2.05) is 0 Å². The highest BCUT2D eigenvalue weighted by Gasteiger charge is 2.34. The van der Waals surface area contributed by atoms with Gasteiger partial charge in [-0.1, -0.05) is 58.3 Å². The number of rotatable bonds is 16. The number of nitrogens with two attached hydrogens (primary N) is 3. The van der Waals surface area contributed by atoms with E-state index in [-0.39, 0.29) is 18.4 Å². The molecule has 1 aliphatic carbocycles. The van der Waals surface area contributed by atoms with E-state index in [4.69, 9.17) is 17.2 Å². The summed E-state index contributed by atoms with van der Waals surface area (Å²) in [6, 6.07) is 0.0643. The van der Waals surface area contributed by atoms with Crippen LogP contribution in [0.1, 0.15) is 96.8 Å². The van der Waals surface area contributed by atoms with Crippen LogP contribution in [-0.4, -0.2) is 29.7 Å². The highest BCUT2D eigenvalue weighted by molar-refractivity contribution is 5.92. The third kappa shape index (κ3) is 11.2. The summed E-state index contributed by atoms with van der Waals surface area (Å²) in [7, 11) is 0.